The van der Waals surface area contributed by atoms with Crippen molar-refractivity contribution in [1.82, 2.24) is 14.7 Å². The molecule has 2 aliphatic rings. The van der Waals surface area contributed by atoms with Crippen LogP contribution in [0.25, 0.3) is 0 Å². The average Bonchev–Trinajstić information content (AvgIpc) is 3.24. The Hall–Kier alpha value is -3.17. The summed E-state index contributed by atoms with van der Waals surface area (Å²) in [6.45, 7) is 2.21. The maximum Gasteiger partial charge on any atom is 0.408 e. The molecule has 2 atom stereocenters. The summed E-state index contributed by atoms with van der Waals surface area (Å²) >= 11 is 0. The second kappa shape index (κ2) is 10.2. The van der Waals surface area contributed by atoms with E-state index in [1.54, 1.807) is 6.07 Å². The number of piperidine rings is 1. The molecule has 1 amide bonds. The summed E-state index contributed by atoms with van der Waals surface area (Å²) in [6.07, 6.45) is -0.0361. The number of rotatable bonds is 7. The van der Waals surface area contributed by atoms with Gasteiger partial charge in [0.1, 0.15) is 23.7 Å². The predicted molar refractivity (Wildman–Crippen MR) is 128 cm³/mol. The first-order valence-electron chi connectivity index (χ1n) is 11.8. The highest BCUT2D eigenvalue weighted by molar-refractivity contribution is 5.80. The Morgan fingerprint density at radius 1 is 1.11 bits per heavy atom. The van der Waals surface area contributed by atoms with Gasteiger partial charge in [0.25, 0.3) is 0 Å². The zero-order valence-electron chi connectivity index (χ0n) is 20.1. The third kappa shape index (κ3) is 5.41. The molecule has 2 heterocycles. The van der Waals surface area contributed by atoms with E-state index in [1.165, 1.54) is 17.7 Å². The molecular formula is C26H32FN3O5. The van der Waals surface area contributed by atoms with Crippen LogP contribution in [-0.2, 0) is 16.9 Å². The number of hydrogen-bond acceptors (Lipinski definition) is 5. The molecule has 2 aromatic carbocycles. The van der Waals surface area contributed by atoms with E-state index in [1.807, 2.05) is 6.07 Å². The van der Waals surface area contributed by atoms with Crippen molar-refractivity contribution in [2.45, 2.75) is 43.5 Å². The number of carboxylic acids is 1. The smallest absolute Gasteiger partial charge is 0.408 e. The monoisotopic (exact) mass is 485 g/mol. The van der Waals surface area contributed by atoms with Gasteiger partial charge in [0.15, 0.2) is 0 Å². The molecule has 2 aliphatic heterocycles. The molecule has 0 bridgehead atoms. The zero-order valence-corrected chi connectivity index (χ0v) is 20.1. The van der Waals surface area contributed by atoms with Gasteiger partial charge >= 0.3 is 12.1 Å². The largest absolute Gasteiger partial charge is 0.488 e. The fraction of sp³-hybridized carbons (Fsp3) is 0.462. The molecule has 0 aromatic heterocycles. The summed E-state index contributed by atoms with van der Waals surface area (Å²) < 4.78 is 20.2. The quantitative estimate of drug-likeness (QED) is 0.620. The number of benzene rings is 2. The first kappa shape index (κ1) is 24.9. The molecule has 2 fully saturated rings. The molecular weight excluding hydrogens is 453 g/mol. The summed E-state index contributed by atoms with van der Waals surface area (Å²) in [4.78, 5) is 28.2. The van der Waals surface area contributed by atoms with Gasteiger partial charge in [0.2, 0.25) is 0 Å². The van der Waals surface area contributed by atoms with Gasteiger partial charge in [-0.2, -0.15) is 0 Å². The maximum atomic E-state index is 14.4. The lowest BCUT2D eigenvalue weighted by Gasteiger charge is -2.46. The number of likely N-dealkylation sites (tertiary alicyclic amines) is 2. The summed E-state index contributed by atoms with van der Waals surface area (Å²) in [5, 5.41) is 18.6. The Balaban J connectivity index is 1.41. The lowest BCUT2D eigenvalue weighted by atomic mass is 9.79. The third-order valence-electron chi connectivity index (χ3n) is 7.28. The van der Waals surface area contributed by atoms with E-state index < -0.39 is 30.0 Å². The van der Waals surface area contributed by atoms with Crippen molar-refractivity contribution in [3.63, 3.8) is 0 Å². The minimum Gasteiger partial charge on any atom is -0.488 e. The third-order valence-corrected chi connectivity index (χ3v) is 7.28. The van der Waals surface area contributed by atoms with Gasteiger partial charge in [-0.3, -0.25) is 14.7 Å². The molecule has 0 saturated carbocycles. The molecule has 2 N–H and O–H groups in total. The first-order valence-corrected chi connectivity index (χ1v) is 11.8. The summed E-state index contributed by atoms with van der Waals surface area (Å²) in [7, 11) is 4.23. The maximum absolute atomic E-state index is 14.4. The van der Waals surface area contributed by atoms with Crippen LogP contribution in [0.3, 0.4) is 0 Å². The van der Waals surface area contributed by atoms with Gasteiger partial charge in [0, 0.05) is 37.7 Å². The van der Waals surface area contributed by atoms with Gasteiger partial charge < -0.3 is 14.9 Å². The highest BCUT2D eigenvalue weighted by Gasteiger charge is 2.41. The Kier molecular flexibility index (Phi) is 7.28. The van der Waals surface area contributed by atoms with Gasteiger partial charge in [-0.25, -0.2) is 14.0 Å². The molecule has 0 radical (unpaired) electrons. The number of halogens is 1. The van der Waals surface area contributed by atoms with Crippen LogP contribution in [0.4, 0.5) is 9.18 Å². The molecule has 4 rings (SSSR count). The van der Waals surface area contributed by atoms with Crippen LogP contribution in [-0.4, -0.2) is 82.9 Å². The highest BCUT2D eigenvalue weighted by atomic mass is 19.1. The normalized spacial score (nSPS) is 22.3. The second-order valence-corrected chi connectivity index (χ2v) is 9.63. The summed E-state index contributed by atoms with van der Waals surface area (Å²) in [6, 6.07) is 13.8. The van der Waals surface area contributed by atoms with Gasteiger partial charge in [-0.15, -0.1) is 0 Å². The SMILES string of the molecule is CN(C)C1(c2ccccc2)CCN(Cc2cc(F)cc(O[C@H]3C[C@@H](C(=O)O)N(C(=O)O)C3)c2)CC1. The van der Waals surface area contributed by atoms with Crippen LogP contribution in [0.5, 0.6) is 5.75 Å². The molecule has 188 valence electrons. The van der Waals surface area contributed by atoms with Crippen LogP contribution in [0.15, 0.2) is 48.5 Å². The molecule has 2 saturated heterocycles. The van der Waals surface area contributed by atoms with E-state index in [-0.39, 0.29) is 24.3 Å². The lowest BCUT2D eigenvalue weighted by molar-refractivity contribution is -0.141. The highest BCUT2D eigenvalue weighted by Crippen LogP contribution is 2.37. The van der Waals surface area contributed by atoms with Crippen LogP contribution in [0.1, 0.15) is 30.4 Å². The number of ether oxygens (including phenoxy) is 1. The number of amides is 1. The van der Waals surface area contributed by atoms with Gasteiger partial charge in [0.05, 0.1) is 6.54 Å². The Morgan fingerprint density at radius 3 is 2.37 bits per heavy atom. The Bertz CT molecular complexity index is 1030. The standard InChI is InChI=1S/C26H32FN3O5/c1-28(2)26(19-6-4-3-5-7-19)8-10-29(11-9-26)16-18-12-20(27)14-21(13-18)35-22-15-23(24(31)32)30(17-22)25(33)34/h3-7,12-14,22-23H,8-11,15-17H2,1-2H3,(H,31,32)(H,33,34)/t22-,23-/m0/s1. The minimum atomic E-state index is -1.31. The number of carbonyl (C=O) groups is 2. The van der Waals surface area contributed by atoms with E-state index in [9.17, 15) is 24.2 Å². The fourth-order valence-corrected chi connectivity index (χ4v) is 5.38. The summed E-state index contributed by atoms with van der Waals surface area (Å²) in [5.41, 5.74) is 2.03. The van der Waals surface area contributed by atoms with Crippen LogP contribution in [0.2, 0.25) is 0 Å². The number of carboxylic acid groups (broad SMARTS) is 2. The van der Waals surface area contributed by atoms with Crippen LogP contribution >= 0.6 is 0 Å². The zero-order chi connectivity index (χ0) is 25.2. The van der Waals surface area contributed by atoms with Crippen molar-refractivity contribution in [3.05, 3.63) is 65.5 Å². The first-order chi connectivity index (χ1) is 16.7. The van der Waals surface area contributed by atoms with Gasteiger partial charge in [-0.05, 0) is 50.2 Å². The van der Waals surface area contributed by atoms with E-state index in [0.29, 0.717) is 6.54 Å². The Labute approximate surface area is 204 Å². The van der Waals surface area contributed by atoms with E-state index >= 15 is 0 Å². The molecule has 2 aromatic rings. The molecule has 9 heteroatoms. The van der Waals surface area contributed by atoms with Crippen molar-refractivity contribution < 1.29 is 28.9 Å². The summed E-state index contributed by atoms with van der Waals surface area (Å²) in [5.74, 6) is -1.37. The predicted octanol–water partition coefficient (Wildman–Crippen LogP) is 3.46. The van der Waals surface area contributed by atoms with Crippen LogP contribution in [0, 0.1) is 5.82 Å². The van der Waals surface area contributed by atoms with Crippen LogP contribution < -0.4 is 4.74 Å². The second-order valence-electron chi connectivity index (χ2n) is 9.63. The number of aliphatic carboxylic acids is 1. The average molecular weight is 486 g/mol. The number of nitrogens with zero attached hydrogens (tertiary/aromatic N) is 3. The van der Waals surface area contributed by atoms with Crippen molar-refractivity contribution in [2.75, 3.05) is 33.7 Å². The molecule has 8 nitrogen and oxygen atoms in total. The molecule has 0 aliphatic carbocycles. The fourth-order valence-electron chi connectivity index (χ4n) is 5.38. The lowest BCUT2D eigenvalue weighted by Crippen LogP contribution is -2.50. The van der Waals surface area contributed by atoms with Crippen molar-refractivity contribution in [2.24, 2.45) is 0 Å². The minimum absolute atomic E-state index is 0.0196. The molecule has 0 spiro atoms. The van der Waals surface area contributed by atoms with Gasteiger partial charge in [-0.1, -0.05) is 30.3 Å². The van der Waals surface area contributed by atoms with E-state index in [0.717, 1.165) is 36.4 Å². The van der Waals surface area contributed by atoms with Crippen molar-refractivity contribution in [3.8, 4) is 5.75 Å². The van der Waals surface area contributed by atoms with Crippen molar-refractivity contribution in [1.29, 1.82) is 0 Å². The topological polar surface area (TPSA) is 93.6 Å². The number of hydrogen-bond donors (Lipinski definition) is 2. The van der Waals surface area contributed by atoms with E-state index in [2.05, 4.69) is 48.2 Å². The molecule has 0 unspecified atom stereocenters. The van der Waals surface area contributed by atoms with E-state index in [4.69, 9.17) is 4.74 Å². The Morgan fingerprint density at radius 2 is 1.80 bits per heavy atom. The molecule has 35 heavy (non-hydrogen) atoms. The van der Waals surface area contributed by atoms with Crippen molar-refractivity contribution >= 4 is 12.1 Å².